The summed E-state index contributed by atoms with van der Waals surface area (Å²) in [5, 5.41) is 13.3. The zero-order valence-electron chi connectivity index (χ0n) is 17.1. The highest BCUT2D eigenvalue weighted by Crippen LogP contribution is 2.45. The van der Waals surface area contributed by atoms with Crippen molar-refractivity contribution in [2.75, 3.05) is 13.2 Å². The third-order valence-electron chi connectivity index (χ3n) is 4.85. The average Bonchev–Trinajstić information content (AvgIpc) is 2.63. The summed E-state index contributed by atoms with van der Waals surface area (Å²) >= 11 is 0. The second kappa shape index (κ2) is 9.64. The zero-order chi connectivity index (χ0) is 19.4. The van der Waals surface area contributed by atoms with Gasteiger partial charge in [0.2, 0.25) is 0 Å². The van der Waals surface area contributed by atoms with E-state index in [1.807, 2.05) is 18.2 Å². The molecule has 0 amide bonds. The third-order valence-corrected chi connectivity index (χ3v) is 4.85. The van der Waals surface area contributed by atoms with Gasteiger partial charge in [-0.3, -0.25) is 0 Å². The molecule has 0 spiro atoms. The van der Waals surface area contributed by atoms with Crippen LogP contribution in [0.4, 0.5) is 0 Å². The Bertz CT molecular complexity index is 749. The van der Waals surface area contributed by atoms with Crippen LogP contribution < -0.4 is 14.8 Å². The van der Waals surface area contributed by atoms with Crippen molar-refractivity contribution in [3.05, 3.63) is 59.7 Å². The Morgan fingerprint density at radius 1 is 1.18 bits per heavy atom. The van der Waals surface area contributed by atoms with E-state index in [9.17, 15) is 5.11 Å². The van der Waals surface area contributed by atoms with Gasteiger partial charge in [-0.15, -0.1) is 12.4 Å². The van der Waals surface area contributed by atoms with Gasteiger partial charge >= 0.3 is 0 Å². The van der Waals surface area contributed by atoms with Gasteiger partial charge < -0.3 is 19.9 Å². The molecule has 2 N–H and O–H groups in total. The number of halogens is 1. The molecule has 5 heteroatoms. The number of ether oxygens (including phenoxy) is 2. The molecule has 0 aromatic heterocycles. The largest absolute Gasteiger partial charge is 0.491 e. The van der Waals surface area contributed by atoms with Crippen LogP contribution >= 0.6 is 12.4 Å². The van der Waals surface area contributed by atoms with Crippen LogP contribution in [0, 0.1) is 0 Å². The molecule has 2 aromatic carbocycles. The Morgan fingerprint density at radius 2 is 1.89 bits per heavy atom. The van der Waals surface area contributed by atoms with Crippen molar-refractivity contribution in [3.63, 3.8) is 0 Å². The predicted molar refractivity (Wildman–Crippen MR) is 116 cm³/mol. The summed E-state index contributed by atoms with van der Waals surface area (Å²) in [6, 6.07) is 16.9. The minimum Gasteiger partial charge on any atom is -0.491 e. The first-order chi connectivity index (χ1) is 12.8. The monoisotopic (exact) mass is 405 g/mol. The normalized spacial score (nSPS) is 18.6. The lowest BCUT2D eigenvalue weighted by molar-refractivity contribution is 0.0758. The van der Waals surface area contributed by atoms with Crippen LogP contribution in [0.25, 0.3) is 0 Å². The van der Waals surface area contributed by atoms with Gasteiger partial charge in [-0.2, -0.15) is 0 Å². The van der Waals surface area contributed by atoms with Gasteiger partial charge in [-0.25, -0.2) is 0 Å². The number of benzene rings is 2. The third kappa shape index (κ3) is 5.87. The van der Waals surface area contributed by atoms with Crippen LogP contribution in [0.1, 0.15) is 51.2 Å². The molecule has 0 saturated carbocycles. The SMILES string of the molecule is CC(C)NCC(O)COc1ccc2c(c1)OC(C)(C)CC2c1ccccc1.Cl. The summed E-state index contributed by atoms with van der Waals surface area (Å²) in [5.74, 6) is 1.90. The molecule has 0 fully saturated rings. The van der Waals surface area contributed by atoms with Crippen LogP contribution in [-0.2, 0) is 0 Å². The Labute approximate surface area is 174 Å². The van der Waals surface area contributed by atoms with Crippen molar-refractivity contribution < 1.29 is 14.6 Å². The molecule has 28 heavy (non-hydrogen) atoms. The lowest BCUT2D eigenvalue weighted by Gasteiger charge is -2.38. The first kappa shape index (κ1) is 22.5. The number of hydrogen-bond donors (Lipinski definition) is 2. The summed E-state index contributed by atoms with van der Waals surface area (Å²) in [5.41, 5.74) is 2.25. The van der Waals surface area contributed by atoms with E-state index >= 15 is 0 Å². The average molecular weight is 406 g/mol. The minimum atomic E-state index is -0.544. The first-order valence-electron chi connectivity index (χ1n) is 9.76. The van der Waals surface area contributed by atoms with Gasteiger partial charge in [0, 0.05) is 30.1 Å². The topological polar surface area (TPSA) is 50.7 Å². The lowest BCUT2D eigenvalue weighted by atomic mass is 9.80. The molecule has 2 atom stereocenters. The van der Waals surface area contributed by atoms with Crippen LogP contribution in [0.2, 0.25) is 0 Å². The van der Waals surface area contributed by atoms with Crippen molar-refractivity contribution in [2.24, 2.45) is 0 Å². The van der Waals surface area contributed by atoms with E-state index in [0.717, 1.165) is 17.9 Å². The van der Waals surface area contributed by atoms with Crippen molar-refractivity contribution in [2.45, 2.75) is 57.8 Å². The summed E-state index contributed by atoms with van der Waals surface area (Å²) < 4.78 is 12.0. The lowest BCUT2D eigenvalue weighted by Crippen LogP contribution is -2.35. The van der Waals surface area contributed by atoms with Gasteiger partial charge in [-0.1, -0.05) is 50.2 Å². The minimum absolute atomic E-state index is 0. The zero-order valence-corrected chi connectivity index (χ0v) is 18.0. The van der Waals surface area contributed by atoms with Crippen LogP contribution in [-0.4, -0.2) is 36.0 Å². The van der Waals surface area contributed by atoms with Crippen molar-refractivity contribution in [1.29, 1.82) is 0 Å². The van der Waals surface area contributed by atoms with Crippen molar-refractivity contribution in [1.82, 2.24) is 5.32 Å². The highest BCUT2D eigenvalue weighted by molar-refractivity contribution is 5.85. The second-order valence-corrected chi connectivity index (χ2v) is 8.26. The van der Waals surface area contributed by atoms with E-state index in [1.165, 1.54) is 11.1 Å². The predicted octanol–water partition coefficient (Wildman–Crippen LogP) is 4.54. The molecule has 0 saturated heterocycles. The smallest absolute Gasteiger partial charge is 0.127 e. The summed E-state index contributed by atoms with van der Waals surface area (Å²) in [6.07, 6.45) is 0.391. The Kier molecular flexibility index (Phi) is 7.76. The number of hydrogen-bond acceptors (Lipinski definition) is 4. The van der Waals surface area contributed by atoms with E-state index in [-0.39, 0.29) is 24.6 Å². The number of aliphatic hydroxyl groups excluding tert-OH is 1. The fourth-order valence-electron chi connectivity index (χ4n) is 3.53. The Morgan fingerprint density at radius 3 is 2.57 bits per heavy atom. The first-order valence-corrected chi connectivity index (χ1v) is 9.76. The van der Waals surface area contributed by atoms with E-state index in [4.69, 9.17) is 9.47 Å². The molecule has 1 heterocycles. The summed E-state index contributed by atoms with van der Waals surface area (Å²) in [6.45, 7) is 9.13. The molecule has 0 bridgehead atoms. The molecule has 4 nitrogen and oxygen atoms in total. The second-order valence-electron chi connectivity index (χ2n) is 8.26. The van der Waals surface area contributed by atoms with Gasteiger partial charge in [-0.05, 0) is 31.9 Å². The van der Waals surface area contributed by atoms with Gasteiger partial charge in [0.05, 0.1) is 0 Å². The van der Waals surface area contributed by atoms with Crippen molar-refractivity contribution in [3.8, 4) is 11.5 Å². The van der Waals surface area contributed by atoms with E-state index in [1.54, 1.807) is 0 Å². The maximum Gasteiger partial charge on any atom is 0.127 e. The molecule has 3 rings (SSSR count). The summed E-state index contributed by atoms with van der Waals surface area (Å²) in [4.78, 5) is 0. The maximum absolute atomic E-state index is 10.1. The highest BCUT2D eigenvalue weighted by atomic mass is 35.5. The molecule has 154 valence electrons. The number of rotatable bonds is 7. The van der Waals surface area contributed by atoms with E-state index in [0.29, 0.717) is 18.5 Å². The molecule has 0 radical (unpaired) electrons. The fraction of sp³-hybridized carbons (Fsp3) is 0.478. The van der Waals surface area contributed by atoms with E-state index < -0.39 is 6.10 Å². The molecule has 0 aliphatic carbocycles. The van der Waals surface area contributed by atoms with Gasteiger partial charge in [0.15, 0.2) is 0 Å². The standard InChI is InChI=1S/C23H31NO3.ClH/c1-16(2)24-14-18(25)15-26-19-10-11-20-21(17-8-6-5-7-9-17)13-23(3,4)27-22(20)12-19;/h5-12,16,18,21,24-25H,13-15H2,1-4H3;1H. The number of aliphatic hydroxyl groups is 1. The molecular formula is C23H32ClNO3. The van der Waals surface area contributed by atoms with Crippen LogP contribution in [0.3, 0.4) is 0 Å². The highest BCUT2D eigenvalue weighted by Gasteiger charge is 2.34. The molecular weight excluding hydrogens is 374 g/mol. The summed E-state index contributed by atoms with van der Waals surface area (Å²) in [7, 11) is 0. The molecule has 2 unspecified atom stereocenters. The maximum atomic E-state index is 10.1. The Hall–Kier alpha value is -1.75. The molecule has 1 aliphatic rings. The molecule has 1 aliphatic heterocycles. The van der Waals surface area contributed by atoms with Gasteiger partial charge in [0.25, 0.3) is 0 Å². The number of fused-ring (bicyclic) bond motifs is 1. The quantitative estimate of drug-likeness (QED) is 0.710. The van der Waals surface area contributed by atoms with Gasteiger partial charge in [0.1, 0.15) is 29.8 Å². The Balaban J connectivity index is 0.00000280. The van der Waals surface area contributed by atoms with Crippen LogP contribution in [0.15, 0.2) is 48.5 Å². The number of nitrogens with one attached hydrogen (secondary N) is 1. The van der Waals surface area contributed by atoms with Crippen LogP contribution in [0.5, 0.6) is 11.5 Å². The fourth-order valence-corrected chi connectivity index (χ4v) is 3.53. The van der Waals surface area contributed by atoms with E-state index in [2.05, 4.69) is 63.3 Å². The van der Waals surface area contributed by atoms with Crippen molar-refractivity contribution >= 4 is 12.4 Å². The molecule has 2 aromatic rings.